The van der Waals surface area contributed by atoms with Crippen molar-refractivity contribution in [1.82, 2.24) is 9.21 Å². The molecule has 114 valence electrons. The van der Waals surface area contributed by atoms with Crippen LogP contribution in [0.4, 0.5) is 0 Å². The summed E-state index contributed by atoms with van der Waals surface area (Å²) in [5.41, 5.74) is 0. The molecule has 1 aliphatic heterocycles. The van der Waals surface area contributed by atoms with Crippen LogP contribution in [0, 0.1) is 5.92 Å². The molecule has 1 saturated heterocycles. The van der Waals surface area contributed by atoms with Gasteiger partial charge in [0.25, 0.3) is 0 Å². The van der Waals surface area contributed by atoms with E-state index in [1.165, 1.54) is 29.7 Å². The summed E-state index contributed by atoms with van der Waals surface area (Å²) in [6.07, 6.45) is -0.597. The van der Waals surface area contributed by atoms with E-state index >= 15 is 0 Å². The van der Waals surface area contributed by atoms with E-state index in [1.807, 2.05) is 12.1 Å². The average molecular weight is 339 g/mol. The van der Waals surface area contributed by atoms with Gasteiger partial charge in [-0.1, -0.05) is 11.6 Å². The smallest absolute Gasteiger partial charge is 0.214 e. The number of aliphatic hydroxyl groups is 1. The molecule has 8 heteroatoms. The highest BCUT2D eigenvalue weighted by molar-refractivity contribution is 7.89. The third-order valence-electron chi connectivity index (χ3n) is 3.47. The van der Waals surface area contributed by atoms with Crippen LogP contribution in [0.1, 0.15) is 4.88 Å². The van der Waals surface area contributed by atoms with Crippen LogP contribution in [0.3, 0.4) is 0 Å². The Morgan fingerprint density at radius 3 is 2.70 bits per heavy atom. The van der Waals surface area contributed by atoms with Gasteiger partial charge in [0.2, 0.25) is 10.0 Å². The highest BCUT2D eigenvalue weighted by Crippen LogP contribution is 2.26. The van der Waals surface area contributed by atoms with Crippen LogP contribution >= 0.6 is 22.9 Å². The monoisotopic (exact) mass is 338 g/mol. The highest BCUT2D eigenvalue weighted by Gasteiger charge is 2.35. The molecule has 1 aromatic heterocycles. The summed E-state index contributed by atoms with van der Waals surface area (Å²) in [7, 11) is -0.247. The quantitative estimate of drug-likeness (QED) is 0.873. The molecule has 0 spiro atoms. The first kappa shape index (κ1) is 16.2. The second-order valence-corrected chi connectivity index (χ2v) is 9.32. The van der Waals surface area contributed by atoms with Crippen molar-refractivity contribution in [2.45, 2.75) is 12.6 Å². The van der Waals surface area contributed by atoms with Crippen LogP contribution in [0.25, 0.3) is 0 Å². The summed E-state index contributed by atoms with van der Waals surface area (Å²) in [4.78, 5) is 3.20. The largest absolute Gasteiger partial charge is 0.391 e. The Morgan fingerprint density at radius 2 is 2.15 bits per heavy atom. The van der Waals surface area contributed by atoms with E-state index in [0.29, 0.717) is 19.6 Å². The second kappa shape index (κ2) is 6.29. The van der Waals surface area contributed by atoms with Gasteiger partial charge in [-0.15, -0.1) is 11.3 Å². The second-order valence-electron chi connectivity index (χ2n) is 5.29. The molecule has 1 fully saturated rings. The van der Waals surface area contributed by atoms with Gasteiger partial charge in [-0.2, -0.15) is 0 Å². The van der Waals surface area contributed by atoms with Gasteiger partial charge >= 0.3 is 0 Å². The number of nitrogens with zero attached hydrogens (tertiary/aromatic N) is 2. The molecule has 0 aromatic carbocycles. The molecule has 20 heavy (non-hydrogen) atoms. The van der Waals surface area contributed by atoms with E-state index in [-0.39, 0.29) is 11.7 Å². The van der Waals surface area contributed by atoms with Crippen LogP contribution in [-0.2, 0) is 16.6 Å². The Kier molecular flexibility index (Phi) is 5.09. The zero-order chi connectivity index (χ0) is 14.9. The van der Waals surface area contributed by atoms with E-state index < -0.39 is 16.1 Å². The lowest BCUT2D eigenvalue weighted by molar-refractivity contribution is 0.148. The Labute approximate surface area is 128 Å². The van der Waals surface area contributed by atoms with Gasteiger partial charge in [-0.05, 0) is 12.1 Å². The maximum atomic E-state index is 11.9. The van der Waals surface area contributed by atoms with E-state index in [1.54, 1.807) is 0 Å². The predicted molar refractivity (Wildman–Crippen MR) is 81.6 cm³/mol. The van der Waals surface area contributed by atoms with Crippen LogP contribution in [-0.4, -0.2) is 61.8 Å². The number of sulfonamides is 1. The topological polar surface area (TPSA) is 60.9 Å². The van der Waals surface area contributed by atoms with Gasteiger partial charge in [0.05, 0.1) is 16.2 Å². The number of hydrogen-bond donors (Lipinski definition) is 1. The van der Waals surface area contributed by atoms with Crippen molar-refractivity contribution in [3.05, 3.63) is 21.3 Å². The van der Waals surface area contributed by atoms with Crippen LogP contribution < -0.4 is 0 Å². The summed E-state index contributed by atoms with van der Waals surface area (Å²) in [6, 6.07) is 3.81. The lowest BCUT2D eigenvalue weighted by Crippen LogP contribution is -2.33. The lowest BCUT2D eigenvalue weighted by Gasteiger charge is -2.17. The van der Waals surface area contributed by atoms with E-state index in [0.717, 1.165) is 9.21 Å². The maximum absolute atomic E-state index is 11.9. The van der Waals surface area contributed by atoms with E-state index in [4.69, 9.17) is 11.6 Å². The van der Waals surface area contributed by atoms with Crippen molar-refractivity contribution in [2.75, 3.05) is 32.9 Å². The maximum Gasteiger partial charge on any atom is 0.214 e. The lowest BCUT2D eigenvalue weighted by atomic mass is 10.1. The van der Waals surface area contributed by atoms with Gasteiger partial charge in [-0.25, -0.2) is 12.7 Å². The fraction of sp³-hybridized carbons (Fsp3) is 0.667. The molecule has 0 bridgehead atoms. The fourth-order valence-corrected chi connectivity index (χ4v) is 4.61. The third kappa shape index (κ3) is 3.93. The molecule has 0 unspecified atom stereocenters. The van der Waals surface area contributed by atoms with Crippen molar-refractivity contribution in [3.63, 3.8) is 0 Å². The SMILES string of the molecule is CN(C)S(=O)(=O)C[C@@H]1CN(Cc2ccc(Cl)s2)C[C@H]1O. The number of rotatable bonds is 5. The zero-order valence-corrected chi connectivity index (χ0v) is 13.9. The first-order valence-electron chi connectivity index (χ1n) is 6.33. The molecule has 1 N–H and O–H groups in total. The minimum Gasteiger partial charge on any atom is -0.391 e. The van der Waals surface area contributed by atoms with Gasteiger partial charge in [0, 0.05) is 44.5 Å². The highest BCUT2D eigenvalue weighted by atomic mass is 35.5. The minimum atomic E-state index is -3.28. The average Bonchev–Trinajstić information content (AvgIpc) is 2.86. The Bertz CT molecular complexity index is 559. The molecule has 0 aliphatic carbocycles. The molecule has 1 aromatic rings. The molecule has 0 saturated carbocycles. The van der Waals surface area contributed by atoms with Crippen molar-refractivity contribution >= 4 is 33.0 Å². The molecular formula is C12H19ClN2O3S2. The van der Waals surface area contributed by atoms with Gasteiger partial charge in [0.1, 0.15) is 0 Å². The van der Waals surface area contributed by atoms with E-state index in [2.05, 4.69) is 4.90 Å². The summed E-state index contributed by atoms with van der Waals surface area (Å²) in [6.45, 7) is 1.79. The first-order valence-corrected chi connectivity index (χ1v) is 9.13. The summed E-state index contributed by atoms with van der Waals surface area (Å²) in [5, 5.41) is 10.0. The van der Waals surface area contributed by atoms with Crippen molar-refractivity contribution in [1.29, 1.82) is 0 Å². The molecule has 0 amide bonds. The van der Waals surface area contributed by atoms with Crippen LogP contribution in [0.15, 0.2) is 12.1 Å². The Morgan fingerprint density at radius 1 is 1.45 bits per heavy atom. The van der Waals surface area contributed by atoms with Crippen molar-refractivity contribution in [2.24, 2.45) is 5.92 Å². The molecular weight excluding hydrogens is 320 g/mol. The summed E-state index contributed by atoms with van der Waals surface area (Å²) in [5.74, 6) is -0.249. The number of thiophene rings is 1. The normalized spacial score (nSPS) is 24.6. The number of hydrogen-bond acceptors (Lipinski definition) is 5. The number of aliphatic hydroxyl groups excluding tert-OH is 1. The van der Waals surface area contributed by atoms with Gasteiger partial charge < -0.3 is 5.11 Å². The third-order valence-corrected chi connectivity index (χ3v) is 6.65. The van der Waals surface area contributed by atoms with Crippen molar-refractivity contribution < 1.29 is 13.5 Å². The van der Waals surface area contributed by atoms with E-state index in [9.17, 15) is 13.5 Å². The Hall–Kier alpha value is -0.180. The standard InChI is InChI=1S/C12H19ClN2O3S2/c1-14(2)20(17,18)8-9-5-15(7-11(9)16)6-10-3-4-12(13)19-10/h3-4,9,11,16H,5-8H2,1-2H3/t9-,11+/m0/s1. The van der Waals surface area contributed by atoms with Crippen molar-refractivity contribution in [3.8, 4) is 0 Å². The molecule has 2 atom stereocenters. The number of halogens is 1. The minimum absolute atomic E-state index is 0.0110. The number of β-amino-alcohol motifs (C(OH)–C–C–N with tert-alkyl or cyclic N) is 1. The van der Waals surface area contributed by atoms with Gasteiger partial charge in [0.15, 0.2) is 0 Å². The molecule has 2 rings (SSSR count). The summed E-state index contributed by atoms with van der Waals surface area (Å²) >= 11 is 7.40. The zero-order valence-electron chi connectivity index (χ0n) is 11.5. The predicted octanol–water partition coefficient (Wildman–Crippen LogP) is 1.09. The molecule has 5 nitrogen and oxygen atoms in total. The van der Waals surface area contributed by atoms with Gasteiger partial charge in [-0.3, -0.25) is 4.90 Å². The fourth-order valence-electron chi connectivity index (χ4n) is 2.31. The first-order chi connectivity index (χ1) is 9.28. The van der Waals surface area contributed by atoms with Crippen LogP contribution in [0.2, 0.25) is 4.34 Å². The number of likely N-dealkylation sites (tertiary alicyclic amines) is 1. The Balaban J connectivity index is 1.95. The molecule has 1 aliphatic rings. The molecule has 0 radical (unpaired) electrons. The van der Waals surface area contributed by atoms with Crippen LogP contribution in [0.5, 0.6) is 0 Å². The summed E-state index contributed by atoms with van der Waals surface area (Å²) < 4.78 is 25.7. The molecule has 2 heterocycles.